The van der Waals surface area contributed by atoms with E-state index >= 15 is 0 Å². The van der Waals surface area contributed by atoms with Gasteiger partial charge in [0.2, 0.25) is 0 Å². The minimum Gasteiger partial charge on any atom is -0.480 e. The Morgan fingerprint density at radius 3 is 2.00 bits per heavy atom. The summed E-state index contributed by atoms with van der Waals surface area (Å²) in [4.78, 5) is 9.96. The Labute approximate surface area is 48.5 Å². The van der Waals surface area contributed by atoms with E-state index in [1.54, 1.807) is 0 Å². The molecule has 0 aromatic heterocycles. The zero-order valence-electron chi connectivity index (χ0n) is 3.85. The van der Waals surface area contributed by atoms with Crippen LogP contribution in [0.4, 0.5) is 0 Å². The van der Waals surface area contributed by atoms with Gasteiger partial charge in [-0.2, -0.15) is 0 Å². The Kier molecular flexibility index (Phi) is 1.62. The third-order valence-corrected chi connectivity index (χ3v) is 1.21. The maximum Gasteiger partial charge on any atom is 0.323 e. The van der Waals surface area contributed by atoms with E-state index in [4.69, 9.17) is 10.8 Å². The second-order valence-electron chi connectivity index (χ2n) is 1.96. The van der Waals surface area contributed by atoms with Crippen molar-refractivity contribution in [2.24, 2.45) is 5.73 Å². The number of aliphatic carboxylic acids is 1. The summed E-state index contributed by atoms with van der Waals surface area (Å²) >= 11 is 0. The van der Waals surface area contributed by atoms with Crippen molar-refractivity contribution in [1.29, 1.82) is 0 Å². The van der Waals surface area contributed by atoms with E-state index in [0.29, 0.717) is 12.8 Å². The number of carbonyl (C=O) groups is 1. The Bertz CT molecular complexity index is 107. The molecule has 3 heteroatoms. The highest BCUT2D eigenvalue weighted by molar-refractivity contribution is 5.81. The lowest BCUT2D eigenvalue weighted by atomic mass is 10.3. The van der Waals surface area contributed by atoms with Gasteiger partial charge in [-0.15, -0.1) is 0 Å². The van der Waals surface area contributed by atoms with Crippen LogP contribution in [0.5, 0.6) is 0 Å². The summed E-state index contributed by atoms with van der Waals surface area (Å²) in [6, 6.07) is 0. The van der Waals surface area contributed by atoms with E-state index in [9.17, 15) is 4.79 Å². The van der Waals surface area contributed by atoms with Gasteiger partial charge in [-0.1, -0.05) is 7.43 Å². The quantitative estimate of drug-likeness (QED) is 0.515. The minimum absolute atomic E-state index is 0. The van der Waals surface area contributed by atoms with Crippen molar-refractivity contribution in [3.63, 3.8) is 0 Å². The van der Waals surface area contributed by atoms with E-state index in [1.165, 1.54) is 0 Å². The lowest BCUT2D eigenvalue weighted by Crippen LogP contribution is -2.31. The van der Waals surface area contributed by atoms with Gasteiger partial charge in [0, 0.05) is 0 Å². The second-order valence-corrected chi connectivity index (χ2v) is 1.96. The van der Waals surface area contributed by atoms with Crippen LogP contribution in [0, 0.1) is 0 Å². The van der Waals surface area contributed by atoms with Crippen LogP contribution in [0.3, 0.4) is 0 Å². The molecule has 1 saturated carbocycles. The first kappa shape index (κ1) is 7.43. The summed E-state index contributed by atoms with van der Waals surface area (Å²) in [5, 5.41) is 8.19. The zero-order chi connectivity index (χ0) is 5.49. The molecule has 0 spiro atoms. The van der Waals surface area contributed by atoms with Crippen molar-refractivity contribution in [2.45, 2.75) is 25.8 Å². The predicted octanol–water partition coefficient (Wildman–Crippen LogP) is 0.198. The van der Waals surface area contributed by atoms with Crippen LogP contribution in [0.25, 0.3) is 0 Å². The lowest BCUT2D eigenvalue weighted by molar-refractivity contribution is -0.139. The fourth-order valence-electron chi connectivity index (χ4n) is 0.349. The van der Waals surface area contributed by atoms with E-state index in [2.05, 4.69) is 0 Å². The monoisotopic (exact) mass is 117 g/mol. The molecule has 0 radical (unpaired) electrons. The van der Waals surface area contributed by atoms with Crippen molar-refractivity contribution < 1.29 is 9.90 Å². The smallest absolute Gasteiger partial charge is 0.323 e. The van der Waals surface area contributed by atoms with Gasteiger partial charge in [-0.05, 0) is 12.8 Å². The first-order valence-corrected chi connectivity index (χ1v) is 2.17. The van der Waals surface area contributed by atoms with Gasteiger partial charge in [0.05, 0.1) is 0 Å². The second kappa shape index (κ2) is 1.74. The average Bonchev–Trinajstić information content (AvgIpc) is 2.21. The van der Waals surface area contributed by atoms with Crippen molar-refractivity contribution in [2.75, 3.05) is 0 Å². The van der Waals surface area contributed by atoms with E-state index in [0.717, 1.165) is 0 Å². The van der Waals surface area contributed by atoms with Crippen LogP contribution < -0.4 is 5.73 Å². The van der Waals surface area contributed by atoms with Gasteiger partial charge < -0.3 is 10.8 Å². The fourth-order valence-corrected chi connectivity index (χ4v) is 0.349. The van der Waals surface area contributed by atoms with Crippen LogP contribution in [0.15, 0.2) is 0 Å². The van der Waals surface area contributed by atoms with Crippen molar-refractivity contribution >= 4 is 5.97 Å². The third kappa shape index (κ3) is 0.980. The van der Waals surface area contributed by atoms with Crippen LogP contribution in [-0.4, -0.2) is 16.6 Å². The first-order valence-electron chi connectivity index (χ1n) is 2.17. The molecule has 0 unspecified atom stereocenters. The number of hydrogen-bond donors (Lipinski definition) is 2. The molecule has 8 heavy (non-hydrogen) atoms. The van der Waals surface area contributed by atoms with Gasteiger partial charge in [0.15, 0.2) is 0 Å². The summed E-state index contributed by atoms with van der Waals surface area (Å²) in [7, 11) is 0. The van der Waals surface area contributed by atoms with Crippen molar-refractivity contribution in [1.82, 2.24) is 0 Å². The minimum atomic E-state index is -0.868. The number of rotatable bonds is 1. The number of hydrogen-bond acceptors (Lipinski definition) is 2. The Morgan fingerprint density at radius 1 is 1.62 bits per heavy atom. The third-order valence-electron chi connectivity index (χ3n) is 1.21. The highest BCUT2D eigenvalue weighted by atomic mass is 16.4. The van der Waals surface area contributed by atoms with E-state index in [-0.39, 0.29) is 7.43 Å². The molecule has 0 saturated heterocycles. The first-order chi connectivity index (χ1) is 3.15. The van der Waals surface area contributed by atoms with Gasteiger partial charge in [0.25, 0.3) is 0 Å². The molecular formula is C5H11NO2. The van der Waals surface area contributed by atoms with Gasteiger partial charge in [-0.3, -0.25) is 4.79 Å². The normalized spacial score (nSPS) is 21.1. The largest absolute Gasteiger partial charge is 0.480 e. The molecule has 0 aromatic carbocycles. The summed E-state index contributed by atoms with van der Waals surface area (Å²) < 4.78 is 0. The highest BCUT2D eigenvalue weighted by Gasteiger charge is 2.46. The van der Waals surface area contributed by atoms with Crippen LogP contribution >= 0.6 is 0 Å². The topological polar surface area (TPSA) is 63.3 Å². The zero-order valence-corrected chi connectivity index (χ0v) is 3.85. The molecule has 3 N–H and O–H groups in total. The summed E-state index contributed by atoms with van der Waals surface area (Å²) in [6.45, 7) is 0. The highest BCUT2D eigenvalue weighted by Crippen LogP contribution is 2.31. The fraction of sp³-hybridized carbons (Fsp3) is 0.800. The summed E-state index contributed by atoms with van der Waals surface area (Å²) in [6.07, 6.45) is 1.28. The Balaban J connectivity index is 0.000000490. The molecule has 1 rings (SSSR count). The molecular weight excluding hydrogens is 106 g/mol. The van der Waals surface area contributed by atoms with Crippen molar-refractivity contribution in [3.8, 4) is 0 Å². The molecule has 1 fully saturated rings. The molecule has 0 amide bonds. The molecule has 3 nitrogen and oxygen atoms in total. The molecule has 0 atom stereocenters. The number of carboxylic acids is 1. The molecule has 48 valence electrons. The number of carboxylic acid groups (broad SMARTS) is 1. The Morgan fingerprint density at radius 2 is 2.00 bits per heavy atom. The van der Waals surface area contributed by atoms with Crippen LogP contribution in [0.2, 0.25) is 0 Å². The Hall–Kier alpha value is -0.570. The average molecular weight is 117 g/mol. The van der Waals surface area contributed by atoms with Gasteiger partial charge >= 0.3 is 5.97 Å². The standard InChI is InChI=1S/C4H7NO2.CH4/c5-4(1-2-4)3(6)7;/h1-2,5H2,(H,6,7);1H4. The molecule has 0 aromatic rings. The van der Waals surface area contributed by atoms with Gasteiger partial charge in [0.1, 0.15) is 5.54 Å². The maximum absolute atomic E-state index is 9.96. The summed E-state index contributed by atoms with van der Waals surface area (Å²) in [5.41, 5.74) is 4.36. The van der Waals surface area contributed by atoms with Gasteiger partial charge in [-0.25, -0.2) is 0 Å². The van der Waals surface area contributed by atoms with E-state index in [1.807, 2.05) is 0 Å². The molecule has 0 heterocycles. The molecule has 0 aliphatic heterocycles. The predicted molar refractivity (Wildman–Crippen MR) is 30.5 cm³/mol. The molecule has 1 aliphatic rings. The maximum atomic E-state index is 9.96. The number of nitrogens with two attached hydrogens (primary N) is 1. The van der Waals surface area contributed by atoms with Crippen LogP contribution in [0.1, 0.15) is 20.3 Å². The SMILES string of the molecule is C.NC1(C(=O)O)CC1. The molecule has 1 aliphatic carbocycles. The van der Waals surface area contributed by atoms with Crippen LogP contribution in [-0.2, 0) is 4.79 Å². The summed E-state index contributed by atoms with van der Waals surface area (Å²) in [5.74, 6) is -0.868. The van der Waals surface area contributed by atoms with Crippen molar-refractivity contribution in [3.05, 3.63) is 0 Å². The lowest BCUT2D eigenvalue weighted by Gasteiger charge is -1.95. The molecule has 0 bridgehead atoms. The van der Waals surface area contributed by atoms with E-state index < -0.39 is 11.5 Å².